The van der Waals surface area contributed by atoms with Crippen LogP contribution in [0.15, 0.2) is 48.5 Å². The number of hydrogen-bond acceptors (Lipinski definition) is 5. The van der Waals surface area contributed by atoms with Crippen molar-refractivity contribution in [2.24, 2.45) is 0 Å². The zero-order chi connectivity index (χ0) is 17.4. The Morgan fingerprint density at radius 1 is 1.08 bits per heavy atom. The van der Waals surface area contributed by atoms with E-state index in [2.05, 4.69) is 10.6 Å². The molecule has 0 bridgehead atoms. The fraction of sp³-hybridized carbons (Fsp3) is 0.235. The lowest BCUT2D eigenvalue weighted by atomic mass is 10.1. The number of nitrogens with zero attached hydrogens (tertiary/aromatic N) is 1. The maximum Gasteiger partial charge on any atom is 0.292 e. The molecular formula is C17H19N3O4. The summed E-state index contributed by atoms with van der Waals surface area (Å²) < 4.78 is 0. The number of phenolic OH excluding ortho intramolecular Hbond substituents is 1. The molecule has 2 aromatic carbocycles. The van der Waals surface area contributed by atoms with Gasteiger partial charge >= 0.3 is 0 Å². The molecule has 0 aliphatic carbocycles. The maximum absolute atomic E-state index is 11.8. The summed E-state index contributed by atoms with van der Waals surface area (Å²) in [5, 5.41) is 26.2. The highest BCUT2D eigenvalue weighted by Gasteiger charge is 2.11. The number of carbonyl (C=O) groups is 1. The van der Waals surface area contributed by atoms with E-state index in [1.807, 2.05) is 6.07 Å². The number of phenols is 1. The van der Waals surface area contributed by atoms with Crippen LogP contribution in [0.4, 0.5) is 11.4 Å². The summed E-state index contributed by atoms with van der Waals surface area (Å²) >= 11 is 0. The lowest BCUT2D eigenvalue weighted by molar-refractivity contribution is -0.384. The van der Waals surface area contributed by atoms with Gasteiger partial charge in [-0.1, -0.05) is 30.3 Å². The minimum atomic E-state index is -0.451. The fourth-order valence-electron chi connectivity index (χ4n) is 2.24. The number of nitro groups is 1. The number of aryl methyl sites for hydroxylation is 1. The minimum Gasteiger partial charge on any atom is -0.508 e. The van der Waals surface area contributed by atoms with Gasteiger partial charge in [0.05, 0.1) is 4.92 Å². The molecule has 0 spiro atoms. The third-order valence-electron chi connectivity index (χ3n) is 3.48. The molecule has 2 rings (SSSR count). The quantitative estimate of drug-likeness (QED) is 0.392. The number of para-hydroxylation sites is 3. The van der Waals surface area contributed by atoms with Crippen LogP contribution in [-0.4, -0.2) is 29.0 Å². The molecule has 7 heteroatoms. The Labute approximate surface area is 139 Å². The lowest BCUT2D eigenvalue weighted by Crippen LogP contribution is -2.29. The Hall–Kier alpha value is -3.09. The molecule has 3 N–H and O–H groups in total. The van der Waals surface area contributed by atoms with Crippen LogP contribution < -0.4 is 10.6 Å². The van der Waals surface area contributed by atoms with E-state index in [9.17, 15) is 20.0 Å². The molecule has 24 heavy (non-hydrogen) atoms. The molecule has 0 aliphatic heterocycles. The van der Waals surface area contributed by atoms with E-state index in [0.29, 0.717) is 25.2 Å². The topological polar surface area (TPSA) is 104 Å². The number of amides is 1. The normalized spacial score (nSPS) is 10.2. The molecule has 0 unspecified atom stereocenters. The smallest absolute Gasteiger partial charge is 0.292 e. The van der Waals surface area contributed by atoms with Crippen LogP contribution in [0.25, 0.3) is 0 Å². The Bertz CT molecular complexity index is 718. The van der Waals surface area contributed by atoms with Crippen LogP contribution >= 0.6 is 0 Å². The second-order valence-electron chi connectivity index (χ2n) is 5.18. The number of benzene rings is 2. The summed E-state index contributed by atoms with van der Waals surface area (Å²) in [6, 6.07) is 13.3. The Morgan fingerprint density at radius 2 is 1.79 bits per heavy atom. The Balaban J connectivity index is 1.72. The Kier molecular flexibility index (Phi) is 6.13. The second kappa shape index (κ2) is 8.52. The number of aromatic hydroxyl groups is 1. The standard InChI is InChI=1S/C17H19N3O4/c21-16-8-4-1-5-13(16)9-10-17(22)19-12-11-18-14-6-2-3-7-15(14)20(23)24/h1-8,18,21H,9-12H2,(H,19,22). The summed E-state index contributed by atoms with van der Waals surface area (Å²) in [7, 11) is 0. The third kappa shape index (κ3) is 4.98. The van der Waals surface area contributed by atoms with Crippen molar-refractivity contribution in [2.75, 3.05) is 18.4 Å². The van der Waals surface area contributed by atoms with Gasteiger partial charge in [-0.05, 0) is 24.1 Å². The first-order chi connectivity index (χ1) is 11.6. The van der Waals surface area contributed by atoms with Crippen molar-refractivity contribution in [3.05, 3.63) is 64.2 Å². The number of rotatable bonds is 8. The van der Waals surface area contributed by atoms with Gasteiger partial charge in [0, 0.05) is 25.6 Å². The van der Waals surface area contributed by atoms with E-state index in [1.54, 1.807) is 36.4 Å². The van der Waals surface area contributed by atoms with Crippen LogP contribution in [0.1, 0.15) is 12.0 Å². The average Bonchev–Trinajstić information content (AvgIpc) is 2.58. The third-order valence-corrected chi connectivity index (χ3v) is 3.48. The van der Waals surface area contributed by atoms with Crippen molar-refractivity contribution in [1.82, 2.24) is 5.32 Å². The van der Waals surface area contributed by atoms with E-state index >= 15 is 0 Å². The first-order valence-corrected chi connectivity index (χ1v) is 7.59. The molecule has 7 nitrogen and oxygen atoms in total. The van der Waals surface area contributed by atoms with E-state index < -0.39 is 4.92 Å². The monoisotopic (exact) mass is 329 g/mol. The van der Waals surface area contributed by atoms with Crippen molar-refractivity contribution < 1.29 is 14.8 Å². The van der Waals surface area contributed by atoms with Crippen molar-refractivity contribution in [3.63, 3.8) is 0 Å². The summed E-state index contributed by atoms with van der Waals surface area (Å²) in [5.74, 6) is 0.0472. The highest BCUT2D eigenvalue weighted by molar-refractivity contribution is 5.76. The number of nitro benzene ring substituents is 1. The molecule has 0 heterocycles. The SMILES string of the molecule is O=C(CCc1ccccc1O)NCCNc1ccccc1[N+](=O)[O-]. The van der Waals surface area contributed by atoms with Gasteiger partial charge in [0.25, 0.3) is 5.69 Å². The molecule has 1 amide bonds. The average molecular weight is 329 g/mol. The van der Waals surface area contributed by atoms with Gasteiger partial charge in [0.15, 0.2) is 0 Å². The first kappa shape index (κ1) is 17.3. The van der Waals surface area contributed by atoms with Gasteiger partial charge in [-0.15, -0.1) is 0 Å². The minimum absolute atomic E-state index is 0.00313. The van der Waals surface area contributed by atoms with Crippen molar-refractivity contribution in [2.45, 2.75) is 12.8 Å². The molecule has 0 saturated carbocycles. The maximum atomic E-state index is 11.8. The highest BCUT2D eigenvalue weighted by Crippen LogP contribution is 2.22. The first-order valence-electron chi connectivity index (χ1n) is 7.59. The molecule has 2 aromatic rings. The van der Waals surface area contributed by atoms with Gasteiger partial charge in [0.1, 0.15) is 11.4 Å². The summed E-state index contributed by atoms with van der Waals surface area (Å²) in [6.45, 7) is 0.735. The zero-order valence-electron chi connectivity index (χ0n) is 13.1. The lowest BCUT2D eigenvalue weighted by Gasteiger charge is -2.09. The largest absolute Gasteiger partial charge is 0.508 e. The van der Waals surface area contributed by atoms with E-state index in [-0.39, 0.29) is 23.8 Å². The van der Waals surface area contributed by atoms with E-state index in [1.165, 1.54) is 6.07 Å². The number of carbonyl (C=O) groups excluding carboxylic acids is 1. The van der Waals surface area contributed by atoms with Crippen LogP contribution in [0.2, 0.25) is 0 Å². The molecule has 0 aromatic heterocycles. The fourth-order valence-corrected chi connectivity index (χ4v) is 2.24. The molecule has 126 valence electrons. The molecule has 0 atom stereocenters. The molecule has 0 fully saturated rings. The van der Waals surface area contributed by atoms with Gasteiger partial charge in [-0.2, -0.15) is 0 Å². The summed E-state index contributed by atoms with van der Waals surface area (Å²) in [6.07, 6.45) is 0.721. The number of hydrogen-bond donors (Lipinski definition) is 3. The van der Waals surface area contributed by atoms with Crippen LogP contribution in [-0.2, 0) is 11.2 Å². The van der Waals surface area contributed by atoms with Crippen LogP contribution in [0.5, 0.6) is 5.75 Å². The van der Waals surface area contributed by atoms with Crippen molar-refractivity contribution in [1.29, 1.82) is 0 Å². The van der Waals surface area contributed by atoms with Gasteiger partial charge in [-0.3, -0.25) is 14.9 Å². The van der Waals surface area contributed by atoms with E-state index in [4.69, 9.17) is 0 Å². The Morgan fingerprint density at radius 3 is 2.54 bits per heavy atom. The molecule has 0 aliphatic rings. The summed E-state index contributed by atoms with van der Waals surface area (Å²) in [5.41, 5.74) is 1.15. The zero-order valence-corrected chi connectivity index (χ0v) is 13.1. The highest BCUT2D eigenvalue weighted by atomic mass is 16.6. The number of nitrogens with one attached hydrogen (secondary N) is 2. The van der Waals surface area contributed by atoms with Gasteiger partial charge in [0.2, 0.25) is 5.91 Å². The number of anilines is 1. The molecule has 0 saturated heterocycles. The van der Waals surface area contributed by atoms with Crippen LogP contribution in [0.3, 0.4) is 0 Å². The predicted octanol–water partition coefficient (Wildman–Crippen LogP) is 2.46. The van der Waals surface area contributed by atoms with Gasteiger partial charge < -0.3 is 15.7 Å². The predicted molar refractivity (Wildman–Crippen MR) is 91.0 cm³/mol. The van der Waals surface area contributed by atoms with Crippen molar-refractivity contribution >= 4 is 17.3 Å². The second-order valence-corrected chi connectivity index (χ2v) is 5.18. The molecular weight excluding hydrogens is 310 g/mol. The van der Waals surface area contributed by atoms with Gasteiger partial charge in [-0.25, -0.2) is 0 Å². The molecule has 0 radical (unpaired) electrons. The summed E-state index contributed by atoms with van der Waals surface area (Å²) in [4.78, 5) is 22.2. The van der Waals surface area contributed by atoms with Crippen molar-refractivity contribution in [3.8, 4) is 5.75 Å². The van der Waals surface area contributed by atoms with E-state index in [0.717, 1.165) is 5.56 Å². The van der Waals surface area contributed by atoms with Crippen LogP contribution in [0, 0.1) is 10.1 Å².